The van der Waals surface area contributed by atoms with Crippen LogP contribution < -0.4 is 5.32 Å². The second-order valence-corrected chi connectivity index (χ2v) is 6.32. The average molecular weight is 240 g/mol. The van der Waals surface area contributed by atoms with Crippen molar-refractivity contribution in [3.05, 3.63) is 0 Å². The van der Waals surface area contributed by atoms with Gasteiger partial charge in [0, 0.05) is 19.7 Å². The number of rotatable bonds is 7. The van der Waals surface area contributed by atoms with Gasteiger partial charge in [-0.2, -0.15) is 0 Å². The zero-order valence-corrected chi connectivity index (χ0v) is 11.5. The molecule has 0 radical (unpaired) electrons. The number of hydrogen-bond acceptors (Lipinski definition) is 3. The molecule has 0 unspecified atom stereocenters. The highest BCUT2D eigenvalue weighted by Crippen LogP contribution is 2.29. The first kappa shape index (κ1) is 13.3. The Balaban J connectivity index is 1.56. The summed E-state index contributed by atoms with van der Waals surface area (Å²) in [6, 6.07) is 0. The maximum absolute atomic E-state index is 5.70. The smallest absolute Gasteiger partial charge is 0.0593 e. The Morgan fingerprint density at radius 2 is 2.00 bits per heavy atom. The first-order valence-electron chi connectivity index (χ1n) is 7.15. The van der Waals surface area contributed by atoms with Crippen molar-refractivity contribution in [1.29, 1.82) is 0 Å². The minimum absolute atomic E-state index is 0.510. The lowest BCUT2D eigenvalue weighted by atomic mass is 9.80. The van der Waals surface area contributed by atoms with Crippen LogP contribution in [0.4, 0.5) is 0 Å². The van der Waals surface area contributed by atoms with Crippen LogP contribution in [0, 0.1) is 11.3 Å². The predicted molar refractivity (Wildman–Crippen MR) is 71.3 cm³/mol. The monoisotopic (exact) mass is 240 g/mol. The molecule has 1 heterocycles. The fraction of sp³-hybridized carbons (Fsp3) is 1.00. The van der Waals surface area contributed by atoms with Crippen molar-refractivity contribution in [1.82, 2.24) is 10.2 Å². The summed E-state index contributed by atoms with van der Waals surface area (Å²) in [4.78, 5) is 2.44. The summed E-state index contributed by atoms with van der Waals surface area (Å²) in [5.41, 5.74) is 0.510. The van der Waals surface area contributed by atoms with Gasteiger partial charge in [0.1, 0.15) is 0 Å². The van der Waals surface area contributed by atoms with Gasteiger partial charge < -0.3 is 15.0 Å². The summed E-state index contributed by atoms with van der Waals surface area (Å²) in [6.45, 7) is 8.98. The maximum atomic E-state index is 5.70. The molecule has 3 heteroatoms. The molecule has 3 nitrogen and oxygen atoms in total. The Labute approximate surface area is 106 Å². The van der Waals surface area contributed by atoms with Crippen molar-refractivity contribution in [2.75, 3.05) is 46.4 Å². The van der Waals surface area contributed by atoms with Gasteiger partial charge in [0.2, 0.25) is 0 Å². The van der Waals surface area contributed by atoms with Crippen LogP contribution in [0.15, 0.2) is 0 Å². The lowest BCUT2D eigenvalue weighted by molar-refractivity contribution is 0.0819. The van der Waals surface area contributed by atoms with Crippen LogP contribution in [0.1, 0.15) is 32.6 Å². The fourth-order valence-electron chi connectivity index (χ4n) is 2.67. The summed E-state index contributed by atoms with van der Waals surface area (Å²) in [7, 11) is 2.23. The lowest BCUT2D eigenvalue weighted by Gasteiger charge is -2.37. The normalized spacial score (nSPS) is 24.2. The number of piperidine rings is 1. The van der Waals surface area contributed by atoms with Crippen molar-refractivity contribution in [3.8, 4) is 0 Å². The number of hydrogen-bond donors (Lipinski definition) is 1. The molecule has 0 aromatic heterocycles. The van der Waals surface area contributed by atoms with Gasteiger partial charge in [-0.1, -0.05) is 6.92 Å². The molecule has 2 aliphatic rings. The second kappa shape index (κ2) is 6.17. The van der Waals surface area contributed by atoms with E-state index >= 15 is 0 Å². The van der Waals surface area contributed by atoms with Gasteiger partial charge in [-0.15, -0.1) is 0 Å². The quantitative estimate of drug-likeness (QED) is 0.686. The van der Waals surface area contributed by atoms with Crippen LogP contribution in [-0.2, 0) is 4.74 Å². The third kappa shape index (κ3) is 4.94. The van der Waals surface area contributed by atoms with E-state index in [0.717, 1.165) is 25.7 Å². The molecule has 0 spiro atoms. The molecule has 2 fully saturated rings. The minimum Gasteiger partial charge on any atom is -0.380 e. The van der Waals surface area contributed by atoms with E-state index in [0.29, 0.717) is 5.41 Å². The number of nitrogens with one attached hydrogen (secondary N) is 1. The van der Waals surface area contributed by atoms with Crippen molar-refractivity contribution in [2.24, 2.45) is 11.3 Å². The Hall–Kier alpha value is -0.120. The molecule has 0 bridgehead atoms. The van der Waals surface area contributed by atoms with Gasteiger partial charge in [0.15, 0.2) is 0 Å². The van der Waals surface area contributed by atoms with E-state index in [1.54, 1.807) is 0 Å². The average Bonchev–Trinajstić information content (AvgIpc) is 3.08. The number of likely N-dealkylation sites (N-methyl/N-ethyl adjacent to an activating group) is 1. The number of ether oxygens (including phenoxy) is 1. The van der Waals surface area contributed by atoms with Crippen LogP contribution in [0.3, 0.4) is 0 Å². The van der Waals surface area contributed by atoms with Crippen LogP contribution >= 0.6 is 0 Å². The molecule has 0 amide bonds. The highest BCUT2D eigenvalue weighted by atomic mass is 16.5. The Kier molecular flexibility index (Phi) is 4.83. The molecule has 1 aliphatic heterocycles. The second-order valence-electron chi connectivity index (χ2n) is 6.32. The molecular weight excluding hydrogens is 212 g/mol. The first-order valence-corrected chi connectivity index (χ1v) is 7.15. The van der Waals surface area contributed by atoms with Crippen molar-refractivity contribution < 1.29 is 4.74 Å². The summed E-state index contributed by atoms with van der Waals surface area (Å²) in [5.74, 6) is 0.891. The molecule has 1 N–H and O–H groups in total. The third-order valence-corrected chi connectivity index (χ3v) is 4.13. The van der Waals surface area contributed by atoms with Gasteiger partial charge >= 0.3 is 0 Å². The van der Waals surface area contributed by atoms with Crippen molar-refractivity contribution in [3.63, 3.8) is 0 Å². The van der Waals surface area contributed by atoms with E-state index in [4.69, 9.17) is 4.74 Å². The first-order chi connectivity index (χ1) is 8.18. The molecule has 0 aromatic rings. The molecule has 1 saturated carbocycles. The zero-order valence-electron chi connectivity index (χ0n) is 11.5. The summed E-state index contributed by atoms with van der Waals surface area (Å²) in [5, 5.41) is 3.44. The highest BCUT2D eigenvalue weighted by molar-refractivity contribution is 4.82. The van der Waals surface area contributed by atoms with E-state index in [-0.39, 0.29) is 0 Å². The fourth-order valence-corrected chi connectivity index (χ4v) is 2.67. The Morgan fingerprint density at radius 3 is 2.65 bits per heavy atom. The molecule has 1 aliphatic carbocycles. The van der Waals surface area contributed by atoms with Crippen LogP contribution in [0.25, 0.3) is 0 Å². The van der Waals surface area contributed by atoms with E-state index < -0.39 is 0 Å². The van der Waals surface area contributed by atoms with E-state index in [9.17, 15) is 0 Å². The molecule has 2 rings (SSSR count). The third-order valence-electron chi connectivity index (χ3n) is 4.13. The molecule has 17 heavy (non-hydrogen) atoms. The Morgan fingerprint density at radius 1 is 1.29 bits per heavy atom. The van der Waals surface area contributed by atoms with Gasteiger partial charge in [-0.25, -0.2) is 0 Å². The van der Waals surface area contributed by atoms with Crippen LogP contribution in [0.2, 0.25) is 0 Å². The SMILES string of the molecule is CN(CCOCC1CC1)CC1(C)CCNCC1. The van der Waals surface area contributed by atoms with E-state index in [1.165, 1.54) is 45.3 Å². The van der Waals surface area contributed by atoms with Gasteiger partial charge in [0.25, 0.3) is 0 Å². The van der Waals surface area contributed by atoms with Crippen LogP contribution in [0.5, 0.6) is 0 Å². The highest BCUT2D eigenvalue weighted by Gasteiger charge is 2.27. The lowest BCUT2D eigenvalue weighted by Crippen LogP contribution is -2.42. The summed E-state index contributed by atoms with van der Waals surface area (Å²) >= 11 is 0. The maximum Gasteiger partial charge on any atom is 0.0593 e. The van der Waals surface area contributed by atoms with E-state index in [2.05, 4.69) is 24.2 Å². The van der Waals surface area contributed by atoms with Gasteiger partial charge in [0.05, 0.1) is 6.61 Å². The predicted octanol–water partition coefficient (Wildman–Crippen LogP) is 1.73. The van der Waals surface area contributed by atoms with Gasteiger partial charge in [-0.3, -0.25) is 0 Å². The van der Waals surface area contributed by atoms with Gasteiger partial charge in [-0.05, 0) is 57.2 Å². The van der Waals surface area contributed by atoms with Crippen LogP contribution in [-0.4, -0.2) is 51.3 Å². The standard InChI is InChI=1S/C14H28N2O/c1-14(5-7-15-8-6-14)12-16(2)9-10-17-11-13-3-4-13/h13,15H,3-12H2,1-2H3. The summed E-state index contributed by atoms with van der Waals surface area (Å²) in [6.07, 6.45) is 5.39. The zero-order chi connectivity index (χ0) is 12.1. The Bertz CT molecular complexity index is 222. The van der Waals surface area contributed by atoms with Crippen molar-refractivity contribution >= 4 is 0 Å². The molecule has 0 aromatic carbocycles. The van der Waals surface area contributed by atoms with Crippen molar-refractivity contribution in [2.45, 2.75) is 32.6 Å². The minimum atomic E-state index is 0.510. The molecule has 100 valence electrons. The molecule has 0 atom stereocenters. The topological polar surface area (TPSA) is 24.5 Å². The largest absolute Gasteiger partial charge is 0.380 e. The molecular formula is C14H28N2O. The summed E-state index contributed by atoms with van der Waals surface area (Å²) < 4.78 is 5.70. The molecule has 1 saturated heterocycles. The number of nitrogens with zero attached hydrogens (tertiary/aromatic N) is 1. The van der Waals surface area contributed by atoms with E-state index in [1.807, 2.05) is 0 Å².